The highest BCUT2D eigenvalue weighted by atomic mass is 35.5. The maximum absolute atomic E-state index is 9.93. The Morgan fingerprint density at radius 2 is 1.75 bits per heavy atom. The molecule has 0 bridgehead atoms. The molecular weight excluding hydrogens is 270 g/mol. The molecule has 0 saturated carbocycles. The van der Waals surface area contributed by atoms with Gasteiger partial charge < -0.3 is 10.8 Å². The van der Waals surface area contributed by atoms with Crippen molar-refractivity contribution in [2.45, 2.75) is 18.8 Å². The van der Waals surface area contributed by atoms with Crippen molar-refractivity contribution in [1.29, 1.82) is 0 Å². The van der Waals surface area contributed by atoms with E-state index in [0.717, 1.165) is 11.1 Å². The second-order valence-corrected chi connectivity index (χ2v) is 5.68. The first-order chi connectivity index (χ1) is 9.61. The zero-order valence-corrected chi connectivity index (χ0v) is 12.4. The third kappa shape index (κ3) is 3.04. The van der Waals surface area contributed by atoms with E-state index in [9.17, 15) is 5.11 Å². The van der Waals surface area contributed by atoms with E-state index in [-0.39, 0.29) is 6.61 Å². The lowest BCUT2D eigenvalue weighted by Gasteiger charge is -2.31. The fourth-order valence-corrected chi connectivity index (χ4v) is 2.62. The largest absolute Gasteiger partial charge is 0.395 e. The standard InChI is InChI=1S/C17H20ClNO/c1-13-6-8-15(9-7-13)17(11-19,12-20)10-14-4-2-3-5-16(14)18/h2-9,20H,10-12,19H2,1H3. The lowest BCUT2D eigenvalue weighted by Crippen LogP contribution is -2.41. The first-order valence-electron chi connectivity index (χ1n) is 6.73. The average Bonchev–Trinajstić information content (AvgIpc) is 2.48. The number of nitrogens with two attached hydrogens (primary N) is 1. The molecule has 3 heteroatoms. The van der Waals surface area contributed by atoms with Crippen LogP contribution in [0.4, 0.5) is 0 Å². The second-order valence-electron chi connectivity index (χ2n) is 5.28. The molecule has 1 atom stereocenters. The van der Waals surface area contributed by atoms with Crippen LogP contribution in [0.25, 0.3) is 0 Å². The number of halogens is 1. The summed E-state index contributed by atoms with van der Waals surface area (Å²) in [5.74, 6) is 0. The van der Waals surface area contributed by atoms with E-state index < -0.39 is 5.41 Å². The lowest BCUT2D eigenvalue weighted by molar-refractivity contribution is 0.196. The summed E-state index contributed by atoms with van der Waals surface area (Å²) < 4.78 is 0. The number of rotatable bonds is 5. The summed E-state index contributed by atoms with van der Waals surface area (Å²) in [6.07, 6.45) is 0.628. The van der Waals surface area contributed by atoms with E-state index >= 15 is 0 Å². The van der Waals surface area contributed by atoms with Crippen molar-refractivity contribution in [1.82, 2.24) is 0 Å². The summed E-state index contributed by atoms with van der Waals surface area (Å²) >= 11 is 6.23. The van der Waals surface area contributed by atoms with Gasteiger partial charge in [0, 0.05) is 17.0 Å². The van der Waals surface area contributed by atoms with Crippen molar-refractivity contribution in [2.75, 3.05) is 13.2 Å². The third-order valence-corrected chi connectivity index (χ3v) is 4.21. The van der Waals surface area contributed by atoms with Gasteiger partial charge in [-0.15, -0.1) is 0 Å². The Morgan fingerprint density at radius 1 is 1.10 bits per heavy atom. The summed E-state index contributed by atoms with van der Waals surface area (Å²) in [7, 11) is 0. The van der Waals surface area contributed by atoms with E-state index in [1.54, 1.807) is 0 Å². The first kappa shape index (κ1) is 15.0. The third-order valence-electron chi connectivity index (χ3n) is 3.84. The van der Waals surface area contributed by atoms with Crippen LogP contribution in [-0.2, 0) is 11.8 Å². The highest BCUT2D eigenvalue weighted by Gasteiger charge is 2.31. The van der Waals surface area contributed by atoms with Crippen LogP contribution in [-0.4, -0.2) is 18.3 Å². The molecule has 1 unspecified atom stereocenters. The molecular formula is C17H20ClNO. The highest BCUT2D eigenvalue weighted by molar-refractivity contribution is 6.31. The van der Waals surface area contributed by atoms with E-state index in [4.69, 9.17) is 17.3 Å². The minimum absolute atomic E-state index is 0.00220. The number of hydrogen-bond donors (Lipinski definition) is 2. The minimum atomic E-state index is -0.487. The summed E-state index contributed by atoms with van der Waals surface area (Å²) in [5, 5.41) is 10.6. The lowest BCUT2D eigenvalue weighted by atomic mass is 9.76. The van der Waals surface area contributed by atoms with Gasteiger partial charge in [-0.3, -0.25) is 0 Å². The van der Waals surface area contributed by atoms with E-state index in [0.29, 0.717) is 18.0 Å². The number of aliphatic hydroxyl groups excluding tert-OH is 1. The van der Waals surface area contributed by atoms with Crippen LogP contribution in [0.1, 0.15) is 16.7 Å². The summed E-state index contributed by atoms with van der Waals surface area (Å²) in [6.45, 7) is 2.41. The Balaban J connectivity index is 2.39. The van der Waals surface area contributed by atoms with Gasteiger partial charge in [-0.1, -0.05) is 59.6 Å². The zero-order valence-electron chi connectivity index (χ0n) is 11.6. The number of benzene rings is 2. The Kier molecular flexibility index (Phi) is 4.81. The number of aryl methyl sites for hydroxylation is 1. The molecule has 20 heavy (non-hydrogen) atoms. The molecule has 0 radical (unpaired) electrons. The van der Waals surface area contributed by atoms with Gasteiger partial charge in [0.2, 0.25) is 0 Å². The monoisotopic (exact) mass is 289 g/mol. The fraction of sp³-hybridized carbons (Fsp3) is 0.294. The summed E-state index contributed by atoms with van der Waals surface area (Å²) in [4.78, 5) is 0. The molecule has 0 amide bonds. The van der Waals surface area contributed by atoms with Crippen LogP contribution in [0.5, 0.6) is 0 Å². The van der Waals surface area contributed by atoms with E-state index in [2.05, 4.69) is 0 Å². The summed E-state index contributed by atoms with van der Waals surface area (Å²) in [5.41, 5.74) is 8.74. The smallest absolute Gasteiger partial charge is 0.0543 e. The van der Waals surface area contributed by atoms with Crippen LogP contribution >= 0.6 is 11.6 Å². The van der Waals surface area contributed by atoms with E-state index in [1.807, 2.05) is 55.5 Å². The minimum Gasteiger partial charge on any atom is -0.395 e. The Morgan fingerprint density at radius 3 is 2.30 bits per heavy atom. The second kappa shape index (κ2) is 6.40. The predicted molar refractivity (Wildman–Crippen MR) is 84.2 cm³/mol. The maximum Gasteiger partial charge on any atom is 0.0543 e. The van der Waals surface area contributed by atoms with Gasteiger partial charge in [-0.05, 0) is 30.5 Å². The van der Waals surface area contributed by atoms with Crippen LogP contribution < -0.4 is 5.73 Å². The Labute approximate surface area is 125 Å². The quantitative estimate of drug-likeness (QED) is 0.888. The zero-order chi connectivity index (χ0) is 14.6. The topological polar surface area (TPSA) is 46.2 Å². The van der Waals surface area contributed by atoms with Crippen LogP contribution in [0, 0.1) is 6.92 Å². The average molecular weight is 290 g/mol. The van der Waals surface area contributed by atoms with Gasteiger partial charge in [0.1, 0.15) is 0 Å². The molecule has 0 aliphatic rings. The van der Waals surface area contributed by atoms with Crippen molar-refractivity contribution in [3.63, 3.8) is 0 Å². The van der Waals surface area contributed by atoms with Gasteiger partial charge in [0.15, 0.2) is 0 Å². The van der Waals surface area contributed by atoms with Crippen molar-refractivity contribution in [3.05, 3.63) is 70.2 Å². The summed E-state index contributed by atoms with van der Waals surface area (Å²) in [6, 6.07) is 15.9. The molecule has 0 heterocycles. The van der Waals surface area contributed by atoms with Gasteiger partial charge in [-0.25, -0.2) is 0 Å². The Bertz CT molecular complexity index is 561. The van der Waals surface area contributed by atoms with Crippen molar-refractivity contribution in [2.24, 2.45) is 5.73 Å². The normalized spacial score (nSPS) is 14.0. The molecule has 106 valence electrons. The predicted octanol–water partition coefficient (Wildman–Crippen LogP) is 3.08. The molecule has 2 nitrogen and oxygen atoms in total. The number of aliphatic hydroxyl groups is 1. The molecule has 0 fully saturated rings. The van der Waals surface area contributed by atoms with Crippen LogP contribution in [0.3, 0.4) is 0 Å². The van der Waals surface area contributed by atoms with Crippen LogP contribution in [0.15, 0.2) is 48.5 Å². The first-order valence-corrected chi connectivity index (χ1v) is 7.10. The van der Waals surface area contributed by atoms with Crippen molar-refractivity contribution >= 4 is 11.6 Å². The molecule has 0 saturated heterocycles. The molecule has 2 rings (SSSR count). The van der Waals surface area contributed by atoms with Crippen molar-refractivity contribution in [3.8, 4) is 0 Å². The highest BCUT2D eigenvalue weighted by Crippen LogP contribution is 2.30. The maximum atomic E-state index is 9.93. The Hall–Kier alpha value is -1.35. The van der Waals surface area contributed by atoms with E-state index in [1.165, 1.54) is 5.56 Å². The molecule has 0 aliphatic heterocycles. The molecule has 3 N–H and O–H groups in total. The molecule has 0 aliphatic carbocycles. The van der Waals surface area contributed by atoms with Gasteiger partial charge in [0.25, 0.3) is 0 Å². The van der Waals surface area contributed by atoms with Gasteiger partial charge in [-0.2, -0.15) is 0 Å². The molecule has 2 aromatic carbocycles. The fourth-order valence-electron chi connectivity index (χ4n) is 2.42. The van der Waals surface area contributed by atoms with Crippen LogP contribution in [0.2, 0.25) is 5.02 Å². The van der Waals surface area contributed by atoms with Gasteiger partial charge >= 0.3 is 0 Å². The molecule has 0 spiro atoms. The van der Waals surface area contributed by atoms with Gasteiger partial charge in [0.05, 0.1) is 6.61 Å². The van der Waals surface area contributed by atoms with Crippen molar-refractivity contribution < 1.29 is 5.11 Å². The molecule has 2 aromatic rings. The SMILES string of the molecule is Cc1ccc(C(CN)(CO)Cc2ccccc2Cl)cc1. The molecule has 0 aromatic heterocycles. The number of hydrogen-bond acceptors (Lipinski definition) is 2.